The lowest BCUT2D eigenvalue weighted by Gasteiger charge is -2.34. The van der Waals surface area contributed by atoms with Crippen LogP contribution in [0.25, 0.3) is 0 Å². The average Bonchev–Trinajstić information content (AvgIpc) is 2.47. The Morgan fingerprint density at radius 1 is 1.35 bits per heavy atom. The molecular weight excluding hydrogens is 250 g/mol. The third-order valence-electron chi connectivity index (χ3n) is 3.85. The molecule has 4 heteroatoms. The zero-order valence-electron chi connectivity index (χ0n) is 12.7. The van der Waals surface area contributed by atoms with Crippen LogP contribution in [0.2, 0.25) is 0 Å². The number of anilines is 1. The molecule has 0 radical (unpaired) electrons. The molecule has 1 aliphatic rings. The van der Waals surface area contributed by atoms with Gasteiger partial charge in [-0.3, -0.25) is 0 Å². The zero-order chi connectivity index (χ0) is 14.5. The molecule has 1 saturated heterocycles. The molecule has 1 N–H and O–H groups in total. The standard InChI is InChI=1S/C16H25N3O/c1-4-13-6-5-7-15(12-13)17-14-8-10-19(11-9-14)16(20)18(2)3/h5-7,12,14,17H,4,8-11H2,1-3H3. The number of carbonyl (C=O) groups is 1. The predicted molar refractivity (Wildman–Crippen MR) is 83.1 cm³/mol. The molecule has 1 aliphatic heterocycles. The number of rotatable bonds is 3. The van der Waals surface area contributed by atoms with Crippen molar-refractivity contribution in [3.8, 4) is 0 Å². The van der Waals surface area contributed by atoms with Crippen LogP contribution in [0.4, 0.5) is 10.5 Å². The van der Waals surface area contributed by atoms with Gasteiger partial charge >= 0.3 is 6.03 Å². The van der Waals surface area contributed by atoms with Crippen LogP contribution in [0.3, 0.4) is 0 Å². The van der Waals surface area contributed by atoms with Gasteiger partial charge in [0, 0.05) is 38.9 Å². The van der Waals surface area contributed by atoms with E-state index >= 15 is 0 Å². The van der Waals surface area contributed by atoms with Crippen LogP contribution in [0, 0.1) is 0 Å². The molecule has 0 unspecified atom stereocenters. The van der Waals surface area contributed by atoms with Crippen molar-refractivity contribution in [1.29, 1.82) is 0 Å². The molecule has 1 aromatic carbocycles. The molecule has 1 heterocycles. The molecule has 110 valence electrons. The lowest BCUT2D eigenvalue weighted by atomic mass is 10.0. The van der Waals surface area contributed by atoms with Gasteiger partial charge in [-0.05, 0) is 37.0 Å². The van der Waals surface area contributed by atoms with Crippen LogP contribution >= 0.6 is 0 Å². The van der Waals surface area contributed by atoms with Crippen LogP contribution in [0.15, 0.2) is 24.3 Å². The van der Waals surface area contributed by atoms with Crippen molar-refractivity contribution in [3.63, 3.8) is 0 Å². The summed E-state index contributed by atoms with van der Waals surface area (Å²) in [7, 11) is 3.62. The van der Waals surface area contributed by atoms with Crippen molar-refractivity contribution in [2.75, 3.05) is 32.5 Å². The normalized spacial score (nSPS) is 16.1. The number of hydrogen-bond donors (Lipinski definition) is 1. The third kappa shape index (κ3) is 3.65. The molecule has 0 spiro atoms. The topological polar surface area (TPSA) is 35.6 Å². The number of carbonyl (C=O) groups excluding carboxylic acids is 1. The van der Waals surface area contributed by atoms with Gasteiger partial charge in [0.25, 0.3) is 0 Å². The average molecular weight is 275 g/mol. The SMILES string of the molecule is CCc1cccc(NC2CCN(C(=O)N(C)C)CC2)c1. The first-order chi connectivity index (χ1) is 9.60. The van der Waals surface area contributed by atoms with Crippen molar-refractivity contribution >= 4 is 11.7 Å². The number of amides is 2. The van der Waals surface area contributed by atoms with E-state index in [1.54, 1.807) is 4.90 Å². The summed E-state index contributed by atoms with van der Waals surface area (Å²) in [5.41, 5.74) is 2.55. The first-order valence-electron chi connectivity index (χ1n) is 7.42. The number of urea groups is 1. The van der Waals surface area contributed by atoms with Gasteiger partial charge < -0.3 is 15.1 Å². The lowest BCUT2D eigenvalue weighted by molar-refractivity contribution is 0.158. The van der Waals surface area contributed by atoms with E-state index in [1.165, 1.54) is 11.3 Å². The first kappa shape index (κ1) is 14.7. The maximum atomic E-state index is 11.9. The highest BCUT2D eigenvalue weighted by molar-refractivity contribution is 5.73. The van der Waals surface area contributed by atoms with Crippen molar-refractivity contribution < 1.29 is 4.79 Å². The molecule has 1 aromatic rings. The Labute approximate surface area is 121 Å². The molecule has 20 heavy (non-hydrogen) atoms. The highest BCUT2D eigenvalue weighted by atomic mass is 16.2. The lowest BCUT2D eigenvalue weighted by Crippen LogP contribution is -2.46. The van der Waals surface area contributed by atoms with Gasteiger partial charge in [-0.1, -0.05) is 19.1 Å². The fourth-order valence-electron chi connectivity index (χ4n) is 2.61. The molecule has 1 fully saturated rings. The van der Waals surface area contributed by atoms with Gasteiger partial charge in [-0.25, -0.2) is 4.79 Å². The molecule has 0 aliphatic carbocycles. The number of benzene rings is 1. The first-order valence-corrected chi connectivity index (χ1v) is 7.42. The summed E-state index contributed by atoms with van der Waals surface area (Å²) < 4.78 is 0. The molecule has 4 nitrogen and oxygen atoms in total. The van der Waals surface area contributed by atoms with Crippen molar-refractivity contribution in [3.05, 3.63) is 29.8 Å². The number of likely N-dealkylation sites (tertiary alicyclic amines) is 1. The second-order valence-corrected chi connectivity index (χ2v) is 5.64. The Morgan fingerprint density at radius 3 is 2.65 bits per heavy atom. The van der Waals surface area contributed by atoms with Gasteiger partial charge in [0.1, 0.15) is 0 Å². The summed E-state index contributed by atoms with van der Waals surface area (Å²) in [6.07, 6.45) is 3.08. The molecule has 0 saturated carbocycles. The number of piperidine rings is 1. The van der Waals surface area contributed by atoms with Gasteiger partial charge in [0.05, 0.1) is 0 Å². The molecule has 0 atom stereocenters. The summed E-state index contributed by atoms with van der Waals surface area (Å²) in [5.74, 6) is 0. The number of hydrogen-bond acceptors (Lipinski definition) is 2. The molecular formula is C16H25N3O. The number of nitrogens with zero attached hydrogens (tertiary/aromatic N) is 2. The van der Waals surface area contributed by atoms with Gasteiger partial charge in [-0.2, -0.15) is 0 Å². The van der Waals surface area contributed by atoms with E-state index in [2.05, 4.69) is 36.5 Å². The number of aryl methyl sites for hydroxylation is 1. The van der Waals surface area contributed by atoms with E-state index < -0.39 is 0 Å². The Balaban J connectivity index is 1.86. The van der Waals surface area contributed by atoms with Crippen LogP contribution in [0.1, 0.15) is 25.3 Å². The van der Waals surface area contributed by atoms with E-state index in [9.17, 15) is 4.79 Å². The predicted octanol–water partition coefficient (Wildman–Crippen LogP) is 2.81. The fourth-order valence-corrected chi connectivity index (χ4v) is 2.61. The van der Waals surface area contributed by atoms with Gasteiger partial charge in [0.2, 0.25) is 0 Å². The zero-order valence-corrected chi connectivity index (χ0v) is 12.7. The van der Waals surface area contributed by atoms with Crippen molar-refractivity contribution in [2.45, 2.75) is 32.2 Å². The third-order valence-corrected chi connectivity index (χ3v) is 3.85. The Morgan fingerprint density at radius 2 is 2.05 bits per heavy atom. The minimum atomic E-state index is 0.122. The second kappa shape index (κ2) is 6.64. The smallest absolute Gasteiger partial charge is 0.319 e. The summed E-state index contributed by atoms with van der Waals surface area (Å²) in [6, 6.07) is 9.19. The fraction of sp³-hybridized carbons (Fsp3) is 0.562. The van der Waals surface area contributed by atoms with E-state index in [1.807, 2.05) is 19.0 Å². The van der Waals surface area contributed by atoms with Crippen LogP contribution in [0.5, 0.6) is 0 Å². The summed E-state index contributed by atoms with van der Waals surface area (Å²) >= 11 is 0. The highest BCUT2D eigenvalue weighted by Gasteiger charge is 2.23. The Hall–Kier alpha value is -1.71. The van der Waals surface area contributed by atoms with Gasteiger partial charge in [-0.15, -0.1) is 0 Å². The van der Waals surface area contributed by atoms with Gasteiger partial charge in [0.15, 0.2) is 0 Å². The van der Waals surface area contributed by atoms with E-state index in [4.69, 9.17) is 0 Å². The van der Waals surface area contributed by atoms with E-state index in [-0.39, 0.29) is 6.03 Å². The quantitative estimate of drug-likeness (QED) is 0.920. The minimum absolute atomic E-state index is 0.122. The highest BCUT2D eigenvalue weighted by Crippen LogP contribution is 2.18. The second-order valence-electron chi connectivity index (χ2n) is 5.64. The summed E-state index contributed by atoms with van der Waals surface area (Å²) in [5, 5.41) is 3.59. The van der Waals surface area contributed by atoms with Crippen LogP contribution in [-0.4, -0.2) is 49.1 Å². The van der Waals surface area contributed by atoms with Crippen LogP contribution in [-0.2, 0) is 6.42 Å². The van der Waals surface area contributed by atoms with Crippen molar-refractivity contribution in [1.82, 2.24) is 9.80 Å². The maximum Gasteiger partial charge on any atom is 0.319 e. The summed E-state index contributed by atoms with van der Waals surface area (Å²) in [6.45, 7) is 3.84. The summed E-state index contributed by atoms with van der Waals surface area (Å²) in [4.78, 5) is 15.5. The van der Waals surface area contributed by atoms with E-state index in [0.29, 0.717) is 6.04 Å². The largest absolute Gasteiger partial charge is 0.382 e. The van der Waals surface area contributed by atoms with Crippen LogP contribution < -0.4 is 5.32 Å². The minimum Gasteiger partial charge on any atom is -0.382 e. The Bertz CT molecular complexity index is 451. The molecule has 2 rings (SSSR count). The maximum absolute atomic E-state index is 11.9. The monoisotopic (exact) mass is 275 g/mol. The Kier molecular flexibility index (Phi) is 4.88. The molecule has 2 amide bonds. The molecule has 0 bridgehead atoms. The number of nitrogens with one attached hydrogen (secondary N) is 1. The van der Waals surface area contributed by atoms with E-state index in [0.717, 1.165) is 32.4 Å². The van der Waals surface area contributed by atoms with Crippen molar-refractivity contribution in [2.24, 2.45) is 0 Å². The molecule has 0 aromatic heterocycles.